The fourth-order valence-corrected chi connectivity index (χ4v) is 14.4. The second kappa shape index (κ2) is 63.9. The minimum Gasteiger partial charge on any atom is -0.394 e. The van der Waals surface area contributed by atoms with Gasteiger partial charge in [0.15, 0.2) is 18.9 Å². The molecule has 0 aromatic carbocycles. The zero-order chi connectivity index (χ0) is 73.9. The average Bonchev–Trinajstić information content (AvgIpc) is 0.778. The molecular weight excluding hydrogens is 1300 g/mol. The van der Waals surface area contributed by atoms with Crippen LogP contribution in [0, 0.1) is 0 Å². The fourth-order valence-electron chi connectivity index (χ4n) is 14.4. The predicted octanol–water partition coefficient (Wildman–Crippen LogP) is 14.7. The van der Waals surface area contributed by atoms with Crippen LogP contribution in [0.3, 0.4) is 0 Å². The summed E-state index contributed by atoms with van der Waals surface area (Å²) in [5, 5.41) is 121. The van der Waals surface area contributed by atoms with Gasteiger partial charge in [0.2, 0.25) is 5.91 Å². The molecule has 600 valence electrons. The van der Waals surface area contributed by atoms with E-state index >= 15 is 0 Å². The van der Waals surface area contributed by atoms with Crippen LogP contribution in [0.1, 0.15) is 354 Å². The van der Waals surface area contributed by atoms with Crippen molar-refractivity contribution in [3.05, 3.63) is 36.5 Å². The third-order valence-electron chi connectivity index (χ3n) is 21.2. The standard InChI is InChI=1S/C83H155NO18/c1-3-5-7-9-11-13-15-17-19-21-23-25-26-27-28-29-30-31-32-33-34-35-36-37-38-39-40-41-43-45-47-49-51-53-55-57-59-61-71(89)84-66(67(88)60-58-56-54-52-50-48-46-44-42-24-22-20-18-16-14-12-10-8-6-4-2)65-97-81-77(95)74(92)79(69(63-86)99-81)102-83-78(96)75(93)80(70(64-87)100-83)101-82-76(94)73(91)72(90)68(62-85)98-82/h21,23,50,52,58,60,66-70,72-83,85-88,90-96H,3-20,22,24-49,51,53-57,59,61-65H2,1-2H3,(H,84,89)/b23-21-,52-50+,60-58+. The molecule has 0 aliphatic carbocycles. The highest BCUT2D eigenvalue weighted by atomic mass is 16.8. The maximum atomic E-state index is 13.5. The van der Waals surface area contributed by atoms with Crippen LogP contribution in [0.25, 0.3) is 0 Å². The highest BCUT2D eigenvalue weighted by Crippen LogP contribution is 2.33. The molecule has 3 aliphatic rings. The van der Waals surface area contributed by atoms with Gasteiger partial charge in [-0.05, 0) is 57.8 Å². The highest BCUT2D eigenvalue weighted by molar-refractivity contribution is 5.76. The first kappa shape index (κ1) is 94.2. The molecule has 1 amide bonds. The Morgan fingerprint density at radius 3 is 0.980 bits per heavy atom. The second-order valence-electron chi connectivity index (χ2n) is 30.3. The predicted molar refractivity (Wildman–Crippen MR) is 406 cm³/mol. The Morgan fingerprint density at radius 1 is 0.343 bits per heavy atom. The Bertz CT molecular complexity index is 1980. The first-order chi connectivity index (χ1) is 49.8. The van der Waals surface area contributed by atoms with Crippen molar-refractivity contribution < 1.29 is 89.4 Å². The van der Waals surface area contributed by atoms with E-state index in [1.54, 1.807) is 6.08 Å². The van der Waals surface area contributed by atoms with Crippen LogP contribution in [0.15, 0.2) is 36.5 Å². The number of aliphatic hydroxyl groups is 11. The van der Waals surface area contributed by atoms with Gasteiger partial charge in [-0.2, -0.15) is 0 Å². The minimum atomic E-state index is -1.98. The van der Waals surface area contributed by atoms with Crippen LogP contribution in [-0.2, 0) is 33.2 Å². The molecule has 0 aromatic heterocycles. The van der Waals surface area contributed by atoms with Crippen LogP contribution in [0.4, 0.5) is 0 Å². The van der Waals surface area contributed by atoms with Crippen molar-refractivity contribution in [3.63, 3.8) is 0 Å². The summed E-state index contributed by atoms with van der Waals surface area (Å²) in [5.74, 6) is -0.278. The van der Waals surface area contributed by atoms with E-state index in [0.717, 1.165) is 38.5 Å². The van der Waals surface area contributed by atoms with Crippen LogP contribution in [0.5, 0.6) is 0 Å². The molecule has 3 aliphatic heterocycles. The minimum absolute atomic E-state index is 0.240. The van der Waals surface area contributed by atoms with Gasteiger partial charge in [0.05, 0.1) is 38.6 Å². The van der Waals surface area contributed by atoms with Gasteiger partial charge in [0.25, 0.3) is 0 Å². The van der Waals surface area contributed by atoms with Crippen molar-refractivity contribution in [2.75, 3.05) is 26.4 Å². The third-order valence-corrected chi connectivity index (χ3v) is 21.2. The van der Waals surface area contributed by atoms with Gasteiger partial charge in [-0.15, -0.1) is 0 Å². The lowest BCUT2D eigenvalue weighted by Gasteiger charge is -2.48. The van der Waals surface area contributed by atoms with Crippen molar-refractivity contribution in [3.8, 4) is 0 Å². The van der Waals surface area contributed by atoms with E-state index in [1.165, 1.54) is 283 Å². The molecule has 19 nitrogen and oxygen atoms in total. The molecule has 19 heteroatoms. The molecule has 0 aromatic rings. The largest absolute Gasteiger partial charge is 0.394 e. The average molecular weight is 1460 g/mol. The third kappa shape index (κ3) is 43.3. The number of carbonyl (C=O) groups is 1. The number of ether oxygens (including phenoxy) is 6. The lowest BCUT2D eigenvalue weighted by atomic mass is 9.96. The van der Waals surface area contributed by atoms with Crippen LogP contribution >= 0.6 is 0 Å². The number of rotatable bonds is 68. The molecule has 0 spiro atoms. The summed E-state index contributed by atoms with van der Waals surface area (Å²) in [7, 11) is 0. The Balaban J connectivity index is 1.32. The van der Waals surface area contributed by atoms with Gasteiger partial charge in [-0.25, -0.2) is 0 Å². The van der Waals surface area contributed by atoms with Gasteiger partial charge < -0.3 is 89.9 Å². The Hall–Kier alpha value is -1.99. The molecule has 3 rings (SSSR count). The quantitative estimate of drug-likeness (QED) is 0.0199. The zero-order valence-corrected chi connectivity index (χ0v) is 64.4. The van der Waals surface area contributed by atoms with E-state index < -0.39 is 124 Å². The van der Waals surface area contributed by atoms with Crippen molar-refractivity contribution >= 4 is 5.91 Å². The van der Waals surface area contributed by atoms with Crippen LogP contribution in [0.2, 0.25) is 0 Å². The number of hydrogen-bond acceptors (Lipinski definition) is 18. The van der Waals surface area contributed by atoms with Gasteiger partial charge in [-0.3, -0.25) is 4.79 Å². The lowest BCUT2D eigenvalue weighted by molar-refractivity contribution is -0.379. The van der Waals surface area contributed by atoms with E-state index in [-0.39, 0.29) is 18.9 Å². The molecule has 3 saturated heterocycles. The molecule has 3 heterocycles. The van der Waals surface area contributed by atoms with Crippen molar-refractivity contribution in [2.45, 2.75) is 458 Å². The number of allylic oxidation sites excluding steroid dienone is 5. The molecule has 12 N–H and O–H groups in total. The highest BCUT2D eigenvalue weighted by Gasteiger charge is 2.54. The summed E-state index contributed by atoms with van der Waals surface area (Å²) in [6.07, 6.45) is 53.0. The lowest BCUT2D eigenvalue weighted by Crippen LogP contribution is -2.66. The summed E-state index contributed by atoms with van der Waals surface area (Å²) in [4.78, 5) is 13.5. The maximum absolute atomic E-state index is 13.5. The van der Waals surface area contributed by atoms with Crippen LogP contribution < -0.4 is 5.32 Å². The number of aliphatic hydroxyl groups excluding tert-OH is 11. The van der Waals surface area contributed by atoms with E-state index in [4.69, 9.17) is 28.4 Å². The normalized spacial score (nSPS) is 26.3. The van der Waals surface area contributed by atoms with Crippen molar-refractivity contribution in [1.29, 1.82) is 0 Å². The maximum Gasteiger partial charge on any atom is 0.220 e. The van der Waals surface area contributed by atoms with Gasteiger partial charge in [-0.1, -0.05) is 326 Å². The molecule has 0 radical (unpaired) electrons. The van der Waals surface area contributed by atoms with E-state index in [1.807, 2.05) is 6.08 Å². The van der Waals surface area contributed by atoms with E-state index in [2.05, 4.69) is 43.5 Å². The summed E-state index contributed by atoms with van der Waals surface area (Å²) in [6.45, 7) is 1.77. The summed E-state index contributed by atoms with van der Waals surface area (Å²) in [6, 6.07) is -0.989. The summed E-state index contributed by atoms with van der Waals surface area (Å²) < 4.78 is 34.4. The zero-order valence-electron chi connectivity index (χ0n) is 64.4. The molecule has 0 bridgehead atoms. The molecule has 3 fully saturated rings. The molecule has 17 unspecified atom stereocenters. The second-order valence-corrected chi connectivity index (χ2v) is 30.3. The molecule has 102 heavy (non-hydrogen) atoms. The van der Waals surface area contributed by atoms with Gasteiger partial charge >= 0.3 is 0 Å². The molecular formula is C83H155NO18. The van der Waals surface area contributed by atoms with Crippen LogP contribution in [-0.4, -0.2) is 193 Å². The number of hydrogen-bond donors (Lipinski definition) is 12. The van der Waals surface area contributed by atoms with E-state index in [9.17, 15) is 61.0 Å². The first-order valence-electron chi connectivity index (χ1n) is 42.2. The Morgan fingerprint density at radius 2 is 0.627 bits per heavy atom. The SMILES string of the molecule is CCCCCCCCCC/C=C\CCCCCCCCCCCCCCCCCCCCCCCCCCCC(=O)NC(COC1OC(CO)C(OC2OC(CO)C(OC3OC(CO)C(O)C(O)C3O)C(O)C2O)C(O)C1O)C(O)/C=C/CC/C=C/CCCCCCCCCCCCCCCC. The first-order valence-corrected chi connectivity index (χ1v) is 42.2. The van der Waals surface area contributed by atoms with Crippen molar-refractivity contribution in [1.82, 2.24) is 5.32 Å². The topological polar surface area (TPSA) is 307 Å². The number of nitrogens with one attached hydrogen (secondary N) is 1. The van der Waals surface area contributed by atoms with E-state index in [0.29, 0.717) is 12.8 Å². The molecule has 17 atom stereocenters. The fraction of sp³-hybridized carbons (Fsp3) is 0.916. The van der Waals surface area contributed by atoms with Gasteiger partial charge in [0, 0.05) is 6.42 Å². The number of unbranched alkanes of at least 4 members (excludes halogenated alkanes) is 48. The molecule has 0 saturated carbocycles. The monoisotopic (exact) mass is 1450 g/mol. The smallest absolute Gasteiger partial charge is 0.220 e. The van der Waals surface area contributed by atoms with Crippen molar-refractivity contribution in [2.24, 2.45) is 0 Å². The van der Waals surface area contributed by atoms with Gasteiger partial charge in [0.1, 0.15) is 73.2 Å². The number of carbonyl (C=O) groups excluding carboxylic acids is 1. The Kier molecular flexibility index (Phi) is 59.0. The Labute approximate surface area is 619 Å². The summed E-state index contributed by atoms with van der Waals surface area (Å²) >= 11 is 0. The number of amides is 1. The summed E-state index contributed by atoms with van der Waals surface area (Å²) in [5.41, 5.74) is 0.